The van der Waals surface area contributed by atoms with Crippen molar-refractivity contribution in [2.45, 2.75) is 77.6 Å². The average molecular weight is 279 g/mol. The number of carbonyl (C=O) groups is 1. The summed E-state index contributed by atoms with van der Waals surface area (Å²) in [4.78, 5) is 12.2. The van der Waals surface area contributed by atoms with E-state index in [1.807, 2.05) is 6.92 Å². The summed E-state index contributed by atoms with van der Waals surface area (Å²) in [6, 6.07) is 1.33. The first kappa shape index (κ1) is 15.0. The van der Waals surface area contributed by atoms with Crippen LogP contribution in [0.3, 0.4) is 0 Å². The van der Waals surface area contributed by atoms with E-state index in [1.165, 1.54) is 51.0 Å². The van der Waals surface area contributed by atoms with Crippen molar-refractivity contribution >= 4 is 13.9 Å². The van der Waals surface area contributed by atoms with Crippen molar-refractivity contribution in [2.75, 3.05) is 0 Å². The van der Waals surface area contributed by atoms with Gasteiger partial charge in [-0.3, -0.25) is 4.79 Å². The van der Waals surface area contributed by atoms with Gasteiger partial charge in [0.05, 0.1) is 0 Å². The van der Waals surface area contributed by atoms with Gasteiger partial charge in [-0.05, 0) is 51.4 Å². The zero-order chi connectivity index (χ0) is 14.0. The Morgan fingerprint density at radius 1 is 1.11 bits per heavy atom. The van der Waals surface area contributed by atoms with Crippen LogP contribution in [0.15, 0.2) is 11.1 Å². The van der Waals surface area contributed by atoms with Crippen LogP contribution in [0, 0.1) is 11.8 Å². The van der Waals surface area contributed by atoms with E-state index in [0.29, 0.717) is 17.6 Å². The van der Waals surface area contributed by atoms with Crippen LogP contribution in [0.4, 0.5) is 0 Å². The third kappa shape index (κ3) is 3.81. The largest absolute Gasteiger partial charge is 0.299 e. The second kappa shape index (κ2) is 5.95. The summed E-state index contributed by atoms with van der Waals surface area (Å²) in [5.74, 6) is 1.39. The topological polar surface area (TPSA) is 17.1 Å². The number of rotatable bonds is 3. The van der Waals surface area contributed by atoms with Gasteiger partial charge in [0.1, 0.15) is 5.78 Å². The first-order valence-corrected chi connectivity index (χ1v) is 11.8. The monoisotopic (exact) mass is 278 g/mol. The molecule has 2 atom stereocenters. The van der Waals surface area contributed by atoms with E-state index in [1.54, 1.807) is 11.1 Å². The fraction of sp³-hybridized carbons (Fsp3) is 0.824. The fourth-order valence-corrected chi connectivity index (χ4v) is 6.24. The van der Waals surface area contributed by atoms with Gasteiger partial charge < -0.3 is 0 Å². The molecule has 0 aromatic heterocycles. The molecule has 0 aliphatic heterocycles. The lowest BCUT2D eigenvalue weighted by Crippen LogP contribution is -2.28. The zero-order valence-corrected chi connectivity index (χ0v) is 14.2. The molecule has 0 saturated heterocycles. The Labute approximate surface area is 119 Å². The van der Waals surface area contributed by atoms with Crippen LogP contribution in [0.5, 0.6) is 0 Å². The predicted octanol–water partition coefficient (Wildman–Crippen LogP) is 5.20. The van der Waals surface area contributed by atoms with Crippen molar-refractivity contribution in [3.63, 3.8) is 0 Å². The van der Waals surface area contributed by atoms with E-state index in [2.05, 4.69) is 19.6 Å². The van der Waals surface area contributed by atoms with Crippen molar-refractivity contribution in [2.24, 2.45) is 11.8 Å². The lowest BCUT2D eigenvalue weighted by atomic mass is 9.83. The third-order valence-corrected chi connectivity index (χ3v) is 6.60. The predicted molar refractivity (Wildman–Crippen MR) is 85.2 cm³/mol. The Bertz CT molecular complexity index is 367. The smallest absolute Gasteiger partial charge is 0.137 e. The molecular formula is C17H30OSi. The van der Waals surface area contributed by atoms with Crippen molar-refractivity contribution < 1.29 is 4.79 Å². The standard InChI is InChI=1S/C17H30OSi/c1-13(18)17-15(12-19(2,3)4)10-11-16(17)14-8-6-5-7-9-14/h15,17H,5-12H2,1-4H3/t15-,17-/m1/s1. The van der Waals surface area contributed by atoms with E-state index in [9.17, 15) is 4.79 Å². The summed E-state index contributed by atoms with van der Waals surface area (Å²) in [7, 11) is -1.06. The molecule has 0 N–H and O–H groups in total. The second-order valence-corrected chi connectivity index (χ2v) is 13.4. The highest BCUT2D eigenvalue weighted by molar-refractivity contribution is 6.76. The Hall–Kier alpha value is -0.373. The minimum atomic E-state index is -1.06. The summed E-state index contributed by atoms with van der Waals surface area (Å²) < 4.78 is 0. The molecule has 1 nitrogen and oxygen atoms in total. The molecule has 2 rings (SSSR count). The molecule has 0 radical (unpaired) electrons. The normalized spacial score (nSPS) is 28.8. The molecule has 0 spiro atoms. The van der Waals surface area contributed by atoms with Crippen LogP contribution in [0.25, 0.3) is 0 Å². The van der Waals surface area contributed by atoms with E-state index in [-0.39, 0.29) is 0 Å². The maximum Gasteiger partial charge on any atom is 0.137 e. The number of carbonyl (C=O) groups excluding carboxylic acids is 1. The Morgan fingerprint density at radius 2 is 1.74 bits per heavy atom. The van der Waals surface area contributed by atoms with E-state index < -0.39 is 8.07 Å². The lowest BCUT2D eigenvalue weighted by Gasteiger charge is -2.27. The quantitative estimate of drug-likeness (QED) is 0.512. The molecule has 2 fully saturated rings. The summed E-state index contributed by atoms with van der Waals surface area (Å²) >= 11 is 0. The second-order valence-electron chi connectivity index (χ2n) is 7.84. The van der Waals surface area contributed by atoms with Gasteiger partial charge in [0.25, 0.3) is 0 Å². The van der Waals surface area contributed by atoms with Gasteiger partial charge >= 0.3 is 0 Å². The highest BCUT2D eigenvalue weighted by atomic mass is 28.3. The molecule has 0 amide bonds. The van der Waals surface area contributed by atoms with E-state index >= 15 is 0 Å². The van der Waals surface area contributed by atoms with Crippen molar-refractivity contribution in [1.29, 1.82) is 0 Å². The molecule has 0 aromatic carbocycles. The van der Waals surface area contributed by atoms with Gasteiger partial charge in [0.15, 0.2) is 0 Å². The maximum atomic E-state index is 12.2. The molecule has 0 aromatic rings. The van der Waals surface area contributed by atoms with Crippen LogP contribution in [0.1, 0.15) is 51.9 Å². The van der Waals surface area contributed by atoms with Crippen LogP contribution in [-0.2, 0) is 4.79 Å². The van der Waals surface area contributed by atoms with Crippen molar-refractivity contribution in [3.8, 4) is 0 Å². The molecule has 19 heavy (non-hydrogen) atoms. The average Bonchev–Trinajstić information content (AvgIpc) is 2.71. The van der Waals surface area contributed by atoms with Gasteiger partial charge in [0, 0.05) is 14.0 Å². The number of Topliss-reactive ketones (excluding diaryl/α,β-unsaturated/α-hetero) is 1. The van der Waals surface area contributed by atoms with Crippen LogP contribution >= 0.6 is 0 Å². The zero-order valence-electron chi connectivity index (χ0n) is 13.2. The molecule has 2 aliphatic rings. The highest BCUT2D eigenvalue weighted by Crippen LogP contribution is 2.45. The van der Waals surface area contributed by atoms with E-state index in [0.717, 1.165) is 0 Å². The molecule has 2 aliphatic carbocycles. The van der Waals surface area contributed by atoms with Gasteiger partial charge in [-0.1, -0.05) is 43.3 Å². The van der Waals surface area contributed by atoms with Crippen LogP contribution in [0.2, 0.25) is 25.7 Å². The number of allylic oxidation sites excluding steroid dienone is 2. The van der Waals surface area contributed by atoms with Gasteiger partial charge in [-0.2, -0.15) is 0 Å². The molecule has 2 heteroatoms. The molecule has 0 bridgehead atoms. The van der Waals surface area contributed by atoms with Gasteiger partial charge in [0.2, 0.25) is 0 Å². The first-order chi connectivity index (χ1) is 8.88. The third-order valence-electron chi connectivity index (χ3n) is 4.86. The van der Waals surface area contributed by atoms with E-state index in [4.69, 9.17) is 0 Å². The fourth-order valence-electron chi connectivity index (χ4n) is 4.23. The number of ketones is 1. The lowest BCUT2D eigenvalue weighted by molar-refractivity contribution is -0.120. The Balaban J connectivity index is 2.20. The summed E-state index contributed by atoms with van der Waals surface area (Å²) in [6.45, 7) is 9.15. The van der Waals surface area contributed by atoms with Crippen molar-refractivity contribution in [1.82, 2.24) is 0 Å². The first-order valence-electron chi connectivity index (χ1n) is 8.10. The molecule has 0 unspecified atom stereocenters. The Morgan fingerprint density at radius 3 is 2.26 bits per heavy atom. The highest BCUT2D eigenvalue weighted by Gasteiger charge is 2.38. The number of hydrogen-bond donors (Lipinski definition) is 0. The SMILES string of the molecule is CC(=O)[C@H]1C(=C2CCCCC2)CC[C@@H]1C[Si](C)(C)C. The van der Waals surface area contributed by atoms with Crippen LogP contribution < -0.4 is 0 Å². The minimum absolute atomic E-state index is 0.292. The van der Waals surface area contributed by atoms with Gasteiger partial charge in [-0.15, -0.1) is 0 Å². The molecular weight excluding hydrogens is 248 g/mol. The summed E-state index contributed by atoms with van der Waals surface area (Å²) in [6.07, 6.45) is 9.13. The summed E-state index contributed by atoms with van der Waals surface area (Å²) in [5.41, 5.74) is 3.25. The van der Waals surface area contributed by atoms with Gasteiger partial charge in [-0.25, -0.2) is 0 Å². The summed E-state index contributed by atoms with van der Waals surface area (Å²) in [5, 5.41) is 0. The number of hydrogen-bond acceptors (Lipinski definition) is 1. The maximum absolute atomic E-state index is 12.2. The molecule has 2 saturated carbocycles. The molecule has 0 heterocycles. The minimum Gasteiger partial charge on any atom is -0.299 e. The molecule has 108 valence electrons. The van der Waals surface area contributed by atoms with Crippen LogP contribution in [-0.4, -0.2) is 13.9 Å². The Kier molecular flexibility index (Phi) is 4.70. The van der Waals surface area contributed by atoms with Crippen molar-refractivity contribution in [3.05, 3.63) is 11.1 Å².